The summed E-state index contributed by atoms with van der Waals surface area (Å²) in [5.41, 5.74) is 2.97. The second-order valence-corrected chi connectivity index (χ2v) is 6.06. The van der Waals surface area contributed by atoms with Crippen LogP contribution in [0.1, 0.15) is 5.82 Å². The van der Waals surface area contributed by atoms with E-state index < -0.39 is 0 Å². The highest BCUT2D eigenvalue weighted by Gasteiger charge is 2.14. The predicted octanol–water partition coefficient (Wildman–Crippen LogP) is 5.22. The van der Waals surface area contributed by atoms with Gasteiger partial charge in [0.2, 0.25) is 0 Å². The largest absolute Gasteiger partial charge is 0.295 e. The molecule has 0 atom stereocenters. The molecule has 20 heavy (non-hydrogen) atoms. The number of hydrogen-bond donors (Lipinski definition) is 0. The molecule has 0 saturated heterocycles. The average molecular weight is 370 g/mol. The molecular weight excluding hydrogens is 359 g/mol. The Morgan fingerprint density at radius 1 is 1.15 bits per heavy atom. The number of alkyl halides is 1. The van der Waals surface area contributed by atoms with Crippen LogP contribution >= 0.6 is 39.1 Å². The molecule has 0 unspecified atom stereocenters. The van der Waals surface area contributed by atoms with Crippen LogP contribution in [0.4, 0.5) is 0 Å². The van der Waals surface area contributed by atoms with Crippen LogP contribution in [0.25, 0.3) is 16.7 Å². The second kappa shape index (κ2) is 5.76. The van der Waals surface area contributed by atoms with E-state index in [1.54, 1.807) is 0 Å². The van der Waals surface area contributed by atoms with Gasteiger partial charge in [0.15, 0.2) is 0 Å². The zero-order valence-electron chi connectivity index (χ0n) is 10.5. The summed E-state index contributed by atoms with van der Waals surface area (Å²) < 4.78 is 3.14. The van der Waals surface area contributed by atoms with Gasteiger partial charge in [-0.05, 0) is 46.3 Å². The standard InChI is InChI=1S/C15H11BrCl2N2/c16-11-3-1-2-4-13(11)20-14-6-5-10(18)9-12(14)19-15(20)7-8-17/h1-6,9H,7-8H2. The molecule has 5 heteroatoms. The number of imidazole rings is 1. The highest BCUT2D eigenvalue weighted by Crippen LogP contribution is 2.28. The van der Waals surface area contributed by atoms with Gasteiger partial charge in [-0.1, -0.05) is 23.7 Å². The van der Waals surface area contributed by atoms with Crippen LogP contribution in [0.3, 0.4) is 0 Å². The molecule has 0 fully saturated rings. The molecule has 0 spiro atoms. The average Bonchev–Trinajstić information content (AvgIpc) is 2.77. The van der Waals surface area contributed by atoms with E-state index in [9.17, 15) is 0 Å². The summed E-state index contributed by atoms with van der Waals surface area (Å²) in [6.07, 6.45) is 0.704. The molecule has 0 aliphatic carbocycles. The third kappa shape index (κ3) is 2.46. The van der Waals surface area contributed by atoms with Crippen LogP contribution in [-0.2, 0) is 6.42 Å². The summed E-state index contributed by atoms with van der Waals surface area (Å²) in [4.78, 5) is 4.65. The van der Waals surface area contributed by atoms with Gasteiger partial charge in [-0.15, -0.1) is 11.6 Å². The topological polar surface area (TPSA) is 17.8 Å². The lowest BCUT2D eigenvalue weighted by molar-refractivity contribution is 0.909. The van der Waals surface area contributed by atoms with Crippen molar-refractivity contribution in [3.8, 4) is 5.69 Å². The minimum absolute atomic E-state index is 0.529. The van der Waals surface area contributed by atoms with Gasteiger partial charge in [-0.3, -0.25) is 4.57 Å². The fourth-order valence-electron chi connectivity index (χ4n) is 2.26. The highest BCUT2D eigenvalue weighted by atomic mass is 79.9. The van der Waals surface area contributed by atoms with Crippen molar-refractivity contribution >= 4 is 50.2 Å². The van der Waals surface area contributed by atoms with Crippen LogP contribution < -0.4 is 0 Å². The van der Waals surface area contributed by atoms with Gasteiger partial charge in [0.1, 0.15) is 5.82 Å². The Morgan fingerprint density at radius 3 is 2.70 bits per heavy atom. The fraction of sp³-hybridized carbons (Fsp3) is 0.133. The lowest BCUT2D eigenvalue weighted by atomic mass is 10.2. The quantitative estimate of drug-likeness (QED) is 0.578. The molecular formula is C15H11BrCl2N2. The van der Waals surface area contributed by atoms with Crippen molar-refractivity contribution in [3.05, 3.63) is 57.8 Å². The van der Waals surface area contributed by atoms with Gasteiger partial charge >= 0.3 is 0 Å². The Bertz CT molecular complexity index is 768. The minimum Gasteiger partial charge on any atom is -0.295 e. The minimum atomic E-state index is 0.529. The van der Waals surface area contributed by atoms with E-state index >= 15 is 0 Å². The first kappa shape index (κ1) is 13.9. The van der Waals surface area contributed by atoms with Crippen LogP contribution in [0.5, 0.6) is 0 Å². The molecule has 0 bridgehead atoms. The number of hydrogen-bond acceptors (Lipinski definition) is 1. The van der Waals surface area contributed by atoms with Crippen molar-refractivity contribution < 1.29 is 0 Å². The van der Waals surface area contributed by atoms with E-state index in [4.69, 9.17) is 23.2 Å². The molecule has 1 aromatic heterocycles. The van der Waals surface area contributed by atoms with Gasteiger partial charge in [-0.2, -0.15) is 0 Å². The van der Waals surface area contributed by atoms with Crippen LogP contribution in [0.15, 0.2) is 46.9 Å². The van der Waals surface area contributed by atoms with Gasteiger partial charge in [0.05, 0.1) is 16.7 Å². The van der Waals surface area contributed by atoms with E-state index in [0.29, 0.717) is 17.3 Å². The summed E-state index contributed by atoms with van der Waals surface area (Å²) in [6.45, 7) is 0. The van der Waals surface area contributed by atoms with E-state index in [-0.39, 0.29) is 0 Å². The summed E-state index contributed by atoms with van der Waals surface area (Å²) in [5, 5.41) is 0.687. The van der Waals surface area contributed by atoms with Gasteiger partial charge in [0.25, 0.3) is 0 Å². The Balaban J connectivity index is 2.32. The number of aromatic nitrogens is 2. The zero-order valence-corrected chi connectivity index (χ0v) is 13.6. The first-order chi connectivity index (χ1) is 9.70. The molecule has 0 radical (unpaired) electrons. The van der Waals surface area contributed by atoms with Crippen molar-refractivity contribution in [2.45, 2.75) is 6.42 Å². The number of benzene rings is 2. The molecule has 2 aromatic carbocycles. The van der Waals surface area contributed by atoms with Crippen molar-refractivity contribution in [2.24, 2.45) is 0 Å². The number of rotatable bonds is 3. The molecule has 0 saturated carbocycles. The van der Waals surface area contributed by atoms with E-state index in [1.165, 1.54) is 0 Å². The molecule has 0 amide bonds. The molecule has 3 aromatic rings. The fourth-order valence-corrected chi connectivity index (χ4v) is 3.05. The number of para-hydroxylation sites is 1. The summed E-state index contributed by atoms with van der Waals surface area (Å²) >= 11 is 15.5. The molecule has 0 aliphatic heterocycles. The van der Waals surface area contributed by atoms with E-state index in [0.717, 1.165) is 27.0 Å². The monoisotopic (exact) mass is 368 g/mol. The second-order valence-electron chi connectivity index (χ2n) is 4.39. The lowest BCUT2D eigenvalue weighted by Crippen LogP contribution is -2.02. The number of nitrogens with zero attached hydrogens (tertiary/aromatic N) is 2. The Labute approximate surface area is 135 Å². The zero-order chi connectivity index (χ0) is 14.1. The molecule has 0 N–H and O–H groups in total. The summed E-state index contributed by atoms with van der Waals surface area (Å²) in [6, 6.07) is 13.8. The number of aryl methyl sites for hydroxylation is 1. The van der Waals surface area contributed by atoms with E-state index in [1.807, 2.05) is 36.4 Å². The van der Waals surface area contributed by atoms with Crippen molar-refractivity contribution in [3.63, 3.8) is 0 Å². The third-order valence-corrected chi connectivity index (χ3v) is 4.19. The molecule has 2 nitrogen and oxygen atoms in total. The Hall–Kier alpha value is -1.03. The number of fused-ring (bicyclic) bond motifs is 1. The summed E-state index contributed by atoms with van der Waals surface area (Å²) in [7, 11) is 0. The normalized spacial score (nSPS) is 11.2. The molecule has 0 aliphatic rings. The maximum Gasteiger partial charge on any atom is 0.115 e. The summed E-state index contributed by atoms with van der Waals surface area (Å²) in [5.74, 6) is 1.46. The highest BCUT2D eigenvalue weighted by molar-refractivity contribution is 9.10. The molecule has 3 rings (SSSR count). The third-order valence-electron chi connectivity index (χ3n) is 3.10. The number of halogens is 3. The maximum absolute atomic E-state index is 6.05. The Kier molecular flexibility index (Phi) is 4.01. The first-order valence-corrected chi connectivity index (χ1v) is 7.89. The Morgan fingerprint density at radius 2 is 1.95 bits per heavy atom. The van der Waals surface area contributed by atoms with Crippen LogP contribution in [-0.4, -0.2) is 15.4 Å². The molecule has 1 heterocycles. The van der Waals surface area contributed by atoms with Crippen molar-refractivity contribution in [2.75, 3.05) is 5.88 Å². The maximum atomic E-state index is 6.05. The van der Waals surface area contributed by atoms with Gasteiger partial charge in [0, 0.05) is 21.8 Å². The lowest BCUT2D eigenvalue weighted by Gasteiger charge is -2.10. The van der Waals surface area contributed by atoms with Crippen LogP contribution in [0, 0.1) is 0 Å². The van der Waals surface area contributed by atoms with Crippen LogP contribution in [0.2, 0.25) is 5.02 Å². The van der Waals surface area contributed by atoms with Gasteiger partial charge in [-0.25, -0.2) is 4.98 Å². The van der Waals surface area contributed by atoms with Crippen molar-refractivity contribution in [1.82, 2.24) is 9.55 Å². The van der Waals surface area contributed by atoms with Crippen molar-refractivity contribution in [1.29, 1.82) is 0 Å². The SMILES string of the molecule is ClCCc1nc2cc(Cl)ccc2n1-c1ccccc1Br. The first-order valence-electron chi connectivity index (χ1n) is 6.18. The predicted molar refractivity (Wildman–Crippen MR) is 88.2 cm³/mol. The smallest absolute Gasteiger partial charge is 0.115 e. The van der Waals surface area contributed by atoms with E-state index in [2.05, 4.69) is 31.5 Å². The molecule has 102 valence electrons. The van der Waals surface area contributed by atoms with Gasteiger partial charge < -0.3 is 0 Å².